The molecule has 0 amide bonds. The summed E-state index contributed by atoms with van der Waals surface area (Å²) in [5.41, 5.74) is 0. The van der Waals surface area contributed by atoms with Crippen molar-refractivity contribution >= 4 is 22.6 Å². The maximum absolute atomic E-state index is 5.48. The standard InChI is InChI=1S/C11H16INO/c1-8(6-9-2-3-9)13-7-10-4-5-11(12)14-10/h4-5,8-9,13H,2-3,6-7H2,1H3. The molecule has 0 spiro atoms. The van der Waals surface area contributed by atoms with Crippen LogP contribution in [0.1, 0.15) is 31.9 Å². The van der Waals surface area contributed by atoms with Gasteiger partial charge in [-0.05, 0) is 54.0 Å². The van der Waals surface area contributed by atoms with Gasteiger partial charge >= 0.3 is 0 Å². The smallest absolute Gasteiger partial charge is 0.164 e. The maximum Gasteiger partial charge on any atom is 0.164 e. The van der Waals surface area contributed by atoms with Crippen LogP contribution < -0.4 is 5.32 Å². The first-order chi connectivity index (χ1) is 6.74. The average molecular weight is 305 g/mol. The highest BCUT2D eigenvalue weighted by atomic mass is 127. The van der Waals surface area contributed by atoms with Gasteiger partial charge in [0.1, 0.15) is 5.76 Å². The Balaban J connectivity index is 1.70. The van der Waals surface area contributed by atoms with E-state index in [9.17, 15) is 0 Å². The third kappa shape index (κ3) is 3.28. The molecule has 1 saturated carbocycles. The van der Waals surface area contributed by atoms with Gasteiger partial charge in [-0.1, -0.05) is 12.8 Å². The topological polar surface area (TPSA) is 25.2 Å². The van der Waals surface area contributed by atoms with Gasteiger partial charge in [0.05, 0.1) is 6.54 Å². The van der Waals surface area contributed by atoms with Crippen LogP contribution in [0.2, 0.25) is 0 Å². The molecule has 78 valence electrons. The van der Waals surface area contributed by atoms with Crippen molar-refractivity contribution in [2.24, 2.45) is 5.92 Å². The van der Waals surface area contributed by atoms with Crippen molar-refractivity contribution < 1.29 is 4.42 Å². The molecule has 1 N–H and O–H groups in total. The van der Waals surface area contributed by atoms with Crippen molar-refractivity contribution in [3.05, 3.63) is 21.7 Å². The largest absolute Gasteiger partial charge is 0.454 e. The molecule has 1 atom stereocenters. The van der Waals surface area contributed by atoms with Crippen LogP contribution in [-0.2, 0) is 6.54 Å². The van der Waals surface area contributed by atoms with Crippen LogP contribution >= 0.6 is 22.6 Å². The van der Waals surface area contributed by atoms with Crippen LogP contribution in [-0.4, -0.2) is 6.04 Å². The zero-order valence-corrected chi connectivity index (χ0v) is 10.6. The van der Waals surface area contributed by atoms with Gasteiger partial charge in [-0.3, -0.25) is 0 Å². The van der Waals surface area contributed by atoms with Crippen molar-refractivity contribution in [2.45, 2.75) is 38.8 Å². The van der Waals surface area contributed by atoms with Crippen molar-refractivity contribution in [2.75, 3.05) is 0 Å². The molecule has 1 aliphatic carbocycles. The highest BCUT2D eigenvalue weighted by molar-refractivity contribution is 14.1. The molecule has 0 aliphatic heterocycles. The van der Waals surface area contributed by atoms with Crippen molar-refractivity contribution in [3.63, 3.8) is 0 Å². The summed E-state index contributed by atoms with van der Waals surface area (Å²) in [6, 6.07) is 4.66. The predicted molar refractivity (Wildman–Crippen MR) is 65.1 cm³/mol. The number of furan rings is 1. The van der Waals surface area contributed by atoms with Crippen molar-refractivity contribution in [3.8, 4) is 0 Å². The van der Waals surface area contributed by atoms with Gasteiger partial charge < -0.3 is 9.73 Å². The first-order valence-corrected chi connectivity index (χ1v) is 6.29. The SMILES string of the molecule is CC(CC1CC1)NCc1ccc(I)o1. The Morgan fingerprint density at radius 3 is 2.93 bits per heavy atom. The second-order valence-corrected chi connectivity index (χ2v) is 5.23. The summed E-state index contributed by atoms with van der Waals surface area (Å²) in [5.74, 6) is 2.03. The Morgan fingerprint density at radius 2 is 2.36 bits per heavy atom. The second kappa shape index (κ2) is 4.66. The fourth-order valence-electron chi connectivity index (χ4n) is 1.66. The van der Waals surface area contributed by atoms with Crippen LogP contribution in [0.3, 0.4) is 0 Å². The van der Waals surface area contributed by atoms with E-state index in [1.807, 2.05) is 12.1 Å². The molecule has 0 aromatic carbocycles. The number of nitrogens with one attached hydrogen (secondary N) is 1. The molecule has 2 nitrogen and oxygen atoms in total. The summed E-state index contributed by atoms with van der Waals surface area (Å²) in [5, 5.41) is 3.49. The van der Waals surface area contributed by atoms with E-state index in [0.29, 0.717) is 6.04 Å². The molecular weight excluding hydrogens is 289 g/mol. The fourth-order valence-corrected chi connectivity index (χ4v) is 2.12. The molecule has 0 saturated heterocycles. The molecule has 2 rings (SSSR count). The Hall–Kier alpha value is -0.0300. The lowest BCUT2D eigenvalue weighted by molar-refractivity contribution is 0.423. The van der Waals surface area contributed by atoms with Crippen molar-refractivity contribution in [1.82, 2.24) is 5.32 Å². The number of rotatable bonds is 5. The first-order valence-electron chi connectivity index (χ1n) is 5.21. The number of hydrogen-bond donors (Lipinski definition) is 1. The van der Waals surface area contributed by atoms with Gasteiger partial charge in [0, 0.05) is 6.04 Å². The van der Waals surface area contributed by atoms with Gasteiger partial charge in [0.25, 0.3) is 0 Å². The van der Waals surface area contributed by atoms with Crippen LogP contribution in [0.15, 0.2) is 16.5 Å². The van der Waals surface area contributed by atoms with E-state index in [2.05, 4.69) is 34.8 Å². The lowest BCUT2D eigenvalue weighted by atomic mass is 10.1. The summed E-state index contributed by atoms with van der Waals surface area (Å²) in [6.45, 7) is 3.11. The van der Waals surface area contributed by atoms with E-state index in [4.69, 9.17) is 4.42 Å². The summed E-state index contributed by atoms with van der Waals surface area (Å²) < 4.78 is 6.45. The maximum atomic E-state index is 5.48. The summed E-state index contributed by atoms with van der Waals surface area (Å²) in [6.07, 6.45) is 4.19. The molecule has 0 bridgehead atoms. The highest BCUT2D eigenvalue weighted by Gasteiger charge is 2.23. The van der Waals surface area contributed by atoms with E-state index in [1.54, 1.807) is 0 Å². The van der Waals surface area contributed by atoms with Crippen LogP contribution in [0, 0.1) is 9.68 Å². The quantitative estimate of drug-likeness (QED) is 0.845. The summed E-state index contributed by atoms with van der Waals surface area (Å²) in [4.78, 5) is 0. The number of hydrogen-bond acceptors (Lipinski definition) is 2. The molecule has 1 aromatic rings. The molecule has 14 heavy (non-hydrogen) atoms. The third-order valence-corrected chi connectivity index (χ3v) is 3.22. The van der Waals surface area contributed by atoms with E-state index in [-0.39, 0.29) is 0 Å². The highest BCUT2D eigenvalue weighted by Crippen LogP contribution is 2.33. The molecule has 1 aliphatic rings. The van der Waals surface area contributed by atoms with Crippen LogP contribution in [0.25, 0.3) is 0 Å². The Kier molecular flexibility index (Phi) is 3.49. The summed E-state index contributed by atoms with van der Waals surface area (Å²) >= 11 is 2.19. The fraction of sp³-hybridized carbons (Fsp3) is 0.636. The first kappa shape index (κ1) is 10.5. The molecule has 1 aromatic heterocycles. The molecule has 1 heterocycles. The predicted octanol–water partition coefficient (Wildman–Crippen LogP) is 3.16. The minimum atomic E-state index is 0.616. The normalized spacial score (nSPS) is 18.4. The second-order valence-electron chi connectivity index (χ2n) is 4.17. The van der Waals surface area contributed by atoms with Crippen LogP contribution in [0.5, 0.6) is 0 Å². The molecule has 1 unspecified atom stereocenters. The van der Waals surface area contributed by atoms with E-state index < -0.39 is 0 Å². The lowest BCUT2D eigenvalue weighted by Gasteiger charge is -2.11. The van der Waals surface area contributed by atoms with Gasteiger partial charge in [-0.2, -0.15) is 0 Å². The Morgan fingerprint density at radius 1 is 1.57 bits per heavy atom. The number of halogens is 1. The van der Waals surface area contributed by atoms with Crippen LogP contribution in [0.4, 0.5) is 0 Å². The van der Waals surface area contributed by atoms with E-state index in [0.717, 1.165) is 22.0 Å². The third-order valence-electron chi connectivity index (χ3n) is 2.64. The molecule has 0 radical (unpaired) electrons. The lowest BCUT2D eigenvalue weighted by Crippen LogP contribution is -2.25. The van der Waals surface area contributed by atoms with Crippen molar-refractivity contribution in [1.29, 1.82) is 0 Å². The summed E-state index contributed by atoms with van der Waals surface area (Å²) in [7, 11) is 0. The monoisotopic (exact) mass is 305 g/mol. The zero-order chi connectivity index (χ0) is 9.97. The van der Waals surface area contributed by atoms with E-state index >= 15 is 0 Å². The zero-order valence-electron chi connectivity index (χ0n) is 8.42. The van der Waals surface area contributed by atoms with Gasteiger partial charge in [-0.25, -0.2) is 0 Å². The minimum Gasteiger partial charge on any atom is -0.454 e. The van der Waals surface area contributed by atoms with Gasteiger partial charge in [0.15, 0.2) is 3.77 Å². The average Bonchev–Trinajstić information content (AvgIpc) is 2.85. The van der Waals surface area contributed by atoms with E-state index in [1.165, 1.54) is 19.3 Å². The molecular formula is C11H16INO. The van der Waals surface area contributed by atoms with Gasteiger partial charge in [-0.15, -0.1) is 0 Å². The Bertz CT molecular complexity index is 293. The minimum absolute atomic E-state index is 0.616. The Labute approximate surface area is 98.6 Å². The molecule has 1 fully saturated rings. The van der Waals surface area contributed by atoms with Gasteiger partial charge in [0.2, 0.25) is 0 Å². The molecule has 3 heteroatoms.